The third-order valence-electron chi connectivity index (χ3n) is 3.51. The monoisotopic (exact) mass is 276 g/mol. The molecule has 1 aromatic heterocycles. The number of hydrogen-bond acceptors (Lipinski definition) is 3. The van der Waals surface area contributed by atoms with Crippen molar-refractivity contribution in [2.75, 3.05) is 6.54 Å². The highest BCUT2D eigenvalue weighted by molar-refractivity contribution is 5.69. The van der Waals surface area contributed by atoms with Gasteiger partial charge in [-0.1, -0.05) is 13.0 Å². The van der Waals surface area contributed by atoms with Gasteiger partial charge in [-0.05, 0) is 51.2 Å². The summed E-state index contributed by atoms with van der Waals surface area (Å²) in [4.78, 5) is 18.5. The number of pyridine rings is 1. The first-order chi connectivity index (χ1) is 9.37. The van der Waals surface area contributed by atoms with Crippen molar-refractivity contribution in [3.05, 3.63) is 30.1 Å². The van der Waals surface area contributed by atoms with Gasteiger partial charge >= 0.3 is 6.09 Å². The third-order valence-corrected chi connectivity index (χ3v) is 3.51. The summed E-state index contributed by atoms with van der Waals surface area (Å²) in [6.45, 7) is 8.62. The highest BCUT2D eigenvalue weighted by Gasteiger charge is 2.33. The minimum absolute atomic E-state index is 0.0785. The lowest BCUT2D eigenvalue weighted by Crippen LogP contribution is -2.44. The maximum absolute atomic E-state index is 12.4. The van der Waals surface area contributed by atoms with E-state index in [-0.39, 0.29) is 12.1 Å². The van der Waals surface area contributed by atoms with E-state index in [2.05, 4.69) is 11.9 Å². The van der Waals surface area contributed by atoms with Crippen LogP contribution in [0.4, 0.5) is 4.79 Å². The van der Waals surface area contributed by atoms with E-state index in [0.29, 0.717) is 5.92 Å². The molecule has 0 spiro atoms. The van der Waals surface area contributed by atoms with E-state index in [9.17, 15) is 4.79 Å². The predicted molar refractivity (Wildman–Crippen MR) is 78.3 cm³/mol. The normalized spacial score (nSPS) is 23.5. The van der Waals surface area contributed by atoms with E-state index >= 15 is 0 Å². The number of likely N-dealkylation sites (tertiary alicyclic amines) is 1. The molecule has 1 aromatic rings. The second-order valence-electron chi connectivity index (χ2n) is 6.62. The Labute approximate surface area is 121 Å². The van der Waals surface area contributed by atoms with Gasteiger partial charge in [-0.15, -0.1) is 0 Å². The molecule has 20 heavy (non-hydrogen) atoms. The lowest BCUT2D eigenvalue weighted by Gasteiger charge is -2.39. The van der Waals surface area contributed by atoms with Gasteiger partial charge < -0.3 is 9.64 Å². The molecule has 0 aliphatic carbocycles. The number of carbonyl (C=O) groups is 1. The van der Waals surface area contributed by atoms with Crippen molar-refractivity contribution in [3.8, 4) is 0 Å². The van der Waals surface area contributed by atoms with Crippen molar-refractivity contribution in [1.82, 2.24) is 9.88 Å². The van der Waals surface area contributed by atoms with Gasteiger partial charge in [0.05, 0.1) is 6.04 Å². The third kappa shape index (κ3) is 3.71. The topological polar surface area (TPSA) is 42.4 Å². The summed E-state index contributed by atoms with van der Waals surface area (Å²) in [7, 11) is 0. The van der Waals surface area contributed by atoms with Gasteiger partial charge in [-0.25, -0.2) is 4.79 Å². The fraction of sp³-hybridized carbons (Fsp3) is 0.625. The standard InChI is InChI=1S/C16H24N2O2/c1-12-7-8-14(13-6-5-9-17-10-13)18(11-12)15(19)20-16(2,3)4/h5-6,9-10,12,14H,7-8,11H2,1-4H3/t12-,14+/m0/s1. The highest BCUT2D eigenvalue weighted by atomic mass is 16.6. The lowest BCUT2D eigenvalue weighted by molar-refractivity contribution is 0.00360. The van der Waals surface area contributed by atoms with Crippen LogP contribution in [0, 0.1) is 5.92 Å². The molecule has 1 aliphatic rings. The van der Waals surface area contributed by atoms with Crippen molar-refractivity contribution in [2.45, 2.75) is 52.2 Å². The molecule has 4 nitrogen and oxygen atoms in total. The number of piperidine rings is 1. The molecule has 2 heterocycles. The highest BCUT2D eigenvalue weighted by Crippen LogP contribution is 2.33. The smallest absolute Gasteiger partial charge is 0.410 e. The molecule has 0 saturated carbocycles. The maximum Gasteiger partial charge on any atom is 0.410 e. The molecule has 0 radical (unpaired) electrons. The van der Waals surface area contributed by atoms with Crippen LogP contribution in [0.25, 0.3) is 0 Å². The van der Waals surface area contributed by atoms with Gasteiger partial charge in [-0.2, -0.15) is 0 Å². The second-order valence-corrected chi connectivity index (χ2v) is 6.62. The Morgan fingerprint density at radius 1 is 1.40 bits per heavy atom. The van der Waals surface area contributed by atoms with Gasteiger partial charge in [0, 0.05) is 18.9 Å². The molecule has 0 N–H and O–H groups in total. The number of ether oxygens (including phenoxy) is 1. The van der Waals surface area contributed by atoms with E-state index in [4.69, 9.17) is 4.74 Å². The molecule has 110 valence electrons. The molecule has 0 aromatic carbocycles. The molecule has 0 unspecified atom stereocenters. The van der Waals surface area contributed by atoms with Crippen molar-refractivity contribution < 1.29 is 9.53 Å². The summed E-state index contributed by atoms with van der Waals surface area (Å²) in [5.41, 5.74) is 0.627. The first-order valence-corrected chi connectivity index (χ1v) is 7.26. The fourth-order valence-electron chi connectivity index (χ4n) is 2.59. The van der Waals surface area contributed by atoms with Crippen LogP contribution < -0.4 is 0 Å². The largest absolute Gasteiger partial charge is 0.444 e. The lowest BCUT2D eigenvalue weighted by atomic mass is 9.91. The molecular weight excluding hydrogens is 252 g/mol. The molecule has 0 bridgehead atoms. The first kappa shape index (κ1) is 14.8. The van der Waals surface area contributed by atoms with E-state index in [1.807, 2.05) is 44.0 Å². The summed E-state index contributed by atoms with van der Waals surface area (Å²) < 4.78 is 5.54. The average Bonchev–Trinajstić information content (AvgIpc) is 2.37. The van der Waals surface area contributed by atoms with Crippen LogP contribution in [0.1, 0.15) is 52.1 Å². The van der Waals surface area contributed by atoms with Crippen LogP contribution in [-0.2, 0) is 4.74 Å². The van der Waals surface area contributed by atoms with Crippen molar-refractivity contribution in [3.63, 3.8) is 0 Å². The Morgan fingerprint density at radius 2 is 2.15 bits per heavy atom. The quantitative estimate of drug-likeness (QED) is 0.783. The Balaban J connectivity index is 2.19. The van der Waals surface area contributed by atoms with Gasteiger partial charge in [0.1, 0.15) is 5.60 Å². The van der Waals surface area contributed by atoms with Crippen LogP contribution >= 0.6 is 0 Å². The number of carbonyl (C=O) groups excluding carboxylic acids is 1. The molecule has 1 fully saturated rings. The molecule has 1 aliphatic heterocycles. The van der Waals surface area contributed by atoms with Crippen LogP contribution in [0.15, 0.2) is 24.5 Å². The Bertz CT molecular complexity index is 453. The molecule has 2 rings (SSSR count). The van der Waals surface area contributed by atoms with Gasteiger partial charge in [0.2, 0.25) is 0 Å². The molecule has 4 heteroatoms. The summed E-state index contributed by atoms with van der Waals surface area (Å²) in [5, 5.41) is 0. The van der Waals surface area contributed by atoms with Crippen LogP contribution in [0.3, 0.4) is 0 Å². The summed E-state index contributed by atoms with van der Waals surface area (Å²) in [5.74, 6) is 0.510. The zero-order valence-electron chi connectivity index (χ0n) is 12.8. The first-order valence-electron chi connectivity index (χ1n) is 7.26. The Hall–Kier alpha value is -1.58. The maximum atomic E-state index is 12.4. The average molecular weight is 276 g/mol. The van der Waals surface area contributed by atoms with E-state index in [1.54, 1.807) is 6.20 Å². The zero-order chi connectivity index (χ0) is 14.8. The molecule has 2 atom stereocenters. The minimum Gasteiger partial charge on any atom is -0.444 e. The summed E-state index contributed by atoms with van der Waals surface area (Å²) in [6, 6.07) is 4.03. The van der Waals surface area contributed by atoms with Crippen molar-refractivity contribution in [1.29, 1.82) is 0 Å². The van der Waals surface area contributed by atoms with Crippen molar-refractivity contribution >= 4 is 6.09 Å². The number of amides is 1. The fourth-order valence-corrected chi connectivity index (χ4v) is 2.59. The predicted octanol–water partition coefficient (Wildman–Crippen LogP) is 3.79. The van der Waals surface area contributed by atoms with Crippen molar-refractivity contribution in [2.24, 2.45) is 5.92 Å². The Kier molecular flexibility index (Phi) is 4.31. The molecular formula is C16H24N2O2. The Morgan fingerprint density at radius 3 is 2.75 bits per heavy atom. The minimum atomic E-state index is -0.461. The van der Waals surface area contributed by atoms with E-state index in [1.165, 1.54) is 0 Å². The molecule has 1 amide bonds. The van der Waals surface area contributed by atoms with Gasteiger partial charge in [0.25, 0.3) is 0 Å². The summed E-state index contributed by atoms with van der Waals surface area (Å²) >= 11 is 0. The SMILES string of the molecule is C[C@H]1CC[C@H](c2cccnc2)N(C(=O)OC(C)(C)C)C1. The number of nitrogens with zero attached hydrogens (tertiary/aromatic N) is 2. The van der Waals surface area contributed by atoms with Crippen LogP contribution in [-0.4, -0.2) is 28.1 Å². The number of rotatable bonds is 1. The second kappa shape index (κ2) is 5.81. The molecule has 1 saturated heterocycles. The van der Waals surface area contributed by atoms with Crippen LogP contribution in [0.5, 0.6) is 0 Å². The van der Waals surface area contributed by atoms with Gasteiger partial charge in [-0.3, -0.25) is 4.98 Å². The zero-order valence-corrected chi connectivity index (χ0v) is 12.8. The summed E-state index contributed by atoms with van der Waals surface area (Å²) in [6.07, 6.45) is 5.47. The van der Waals surface area contributed by atoms with Crippen LogP contribution in [0.2, 0.25) is 0 Å². The van der Waals surface area contributed by atoms with E-state index in [0.717, 1.165) is 24.9 Å². The number of hydrogen-bond donors (Lipinski definition) is 0. The van der Waals surface area contributed by atoms with Gasteiger partial charge in [0.15, 0.2) is 0 Å². The van der Waals surface area contributed by atoms with E-state index < -0.39 is 5.60 Å². The number of aromatic nitrogens is 1.